The second kappa shape index (κ2) is 9.46. The lowest BCUT2D eigenvalue weighted by molar-refractivity contribution is -0.384. The Morgan fingerprint density at radius 2 is 1.74 bits per heavy atom. The number of nitrogens with zero attached hydrogens (tertiary/aromatic N) is 4. The Labute approximate surface area is 197 Å². The summed E-state index contributed by atoms with van der Waals surface area (Å²) in [6, 6.07) is 12.8. The molecule has 0 radical (unpaired) electrons. The van der Waals surface area contributed by atoms with E-state index in [1.165, 1.54) is 16.8 Å². The van der Waals surface area contributed by atoms with Crippen molar-refractivity contribution in [3.8, 4) is 5.69 Å². The van der Waals surface area contributed by atoms with Crippen LogP contribution in [0.1, 0.15) is 46.7 Å². The number of non-ortho nitro benzene ring substituents is 1. The van der Waals surface area contributed by atoms with Crippen LogP contribution in [0.4, 0.5) is 11.4 Å². The first-order valence-electron chi connectivity index (χ1n) is 11.2. The molecule has 1 aliphatic rings. The SMILES string of the molecule is Cc1ccc(C(=O)N2CC(C)CC(C)C2)cc1NC(=O)c1ccn(-c2ccc([N+](=O)[O-])cc2)n1. The number of hydrogen-bond acceptors (Lipinski definition) is 5. The zero-order valence-electron chi connectivity index (χ0n) is 19.4. The molecule has 0 aliphatic carbocycles. The zero-order chi connectivity index (χ0) is 24.4. The fourth-order valence-electron chi connectivity index (χ4n) is 4.40. The number of carbonyl (C=O) groups is 2. The molecule has 176 valence electrons. The van der Waals surface area contributed by atoms with Crippen LogP contribution >= 0.6 is 0 Å². The van der Waals surface area contributed by atoms with Crippen molar-refractivity contribution in [3.05, 3.63) is 81.7 Å². The molecule has 1 saturated heterocycles. The van der Waals surface area contributed by atoms with Crippen molar-refractivity contribution in [1.29, 1.82) is 0 Å². The number of hydrogen-bond donors (Lipinski definition) is 1. The highest BCUT2D eigenvalue weighted by molar-refractivity contribution is 6.04. The monoisotopic (exact) mass is 461 g/mol. The Hall–Kier alpha value is -4.01. The molecular weight excluding hydrogens is 434 g/mol. The van der Waals surface area contributed by atoms with Gasteiger partial charge in [0, 0.05) is 42.7 Å². The molecule has 2 aromatic carbocycles. The Balaban J connectivity index is 1.49. The number of nitro benzene ring substituents is 1. The van der Waals surface area contributed by atoms with E-state index in [0.717, 1.165) is 25.1 Å². The molecule has 2 amide bonds. The van der Waals surface area contributed by atoms with E-state index >= 15 is 0 Å². The van der Waals surface area contributed by atoms with Crippen LogP contribution in [0.2, 0.25) is 0 Å². The molecular formula is C25H27N5O4. The molecule has 9 nitrogen and oxygen atoms in total. The number of aromatic nitrogens is 2. The maximum Gasteiger partial charge on any atom is 0.276 e. The van der Waals surface area contributed by atoms with Gasteiger partial charge in [-0.2, -0.15) is 5.10 Å². The minimum atomic E-state index is -0.473. The van der Waals surface area contributed by atoms with Crippen molar-refractivity contribution in [2.45, 2.75) is 27.2 Å². The summed E-state index contributed by atoms with van der Waals surface area (Å²) >= 11 is 0. The third-order valence-electron chi connectivity index (χ3n) is 6.04. The minimum absolute atomic E-state index is 0.0211. The summed E-state index contributed by atoms with van der Waals surface area (Å²) in [5.41, 5.74) is 2.69. The van der Waals surface area contributed by atoms with E-state index in [-0.39, 0.29) is 17.3 Å². The van der Waals surface area contributed by atoms with Gasteiger partial charge in [-0.1, -0.05) is 19.9 Å². The summed E-state index contributed by atoms with van der Waals surface area (Å²) in [7, 11) is 0. The highest BCUT2D eigenvalue weighted by atomic mass is 16.6. The number of piperidine rings is 1. The number of amides is 2. The summed E-state index contributed by atoms with van der Waals surface area (Å²) < 4.78 is 1.48. The predicted molar refractivity (Wildman–Crippen MR) is 128 cm³/mol. The molecule has 0 spiro atoms. The maximum absolute atomic E-state index is 13.1. The topological polar surface area (TPSA) is 110 Å². The first-order valence-corrected chi connectivity index (χ1v) is 11.2. The fraction of sp³-hybridized carbons (Fsp3) is 0.320. The van der Waals surface area contributed by atoms with Crippen molar-refractivity contribution >= 4 is 23.2 Å². The number of nitro groups is 1. The lowest BCUT2D eigenvalue weighted by Crippen LogP contribution is -2.42. The number of likely N-dealkylation sites (tertiary alicyclic amines) is 1. The van der Waals surface area contributed by atoms with Crippen LogP contribution in [-0.4, -0.2) is 44.5 Å². The van der Waals surface area contributed by atoms with Crippen LogP contribution in [0.25, 0.3) is 5.69 Å². The number of benzene rings is 2. The Bertz CT molecular complexity index is 1220. The molecule has 0 saturated carbocycles. The van der Waals surface area contributed by atoms with E-state index in [1.54, 1.807) is 36.5 Å². The van der Waals surface area contributed by atoms with Gasteiger partial charge in [-0.25, -0.2) is 4.68 Å². The zero-order valence-corrected chi connectivity index (χ0v) is 19.4. The average molecular weight is 462 g/mol. The third-order valence-corrected chi connectivity index (χ3v) is 6.04. The first kappa shape index (κ1) is 23.2. The normalized spacial score (nSPS) is 17.9. The molecule has 1 aliphatic heterocycles. The predicted octanol–water partition coefficient (Wildman–Crippen LogP) is 4.46. The van der Waals surface area contributed by atoms with Gasteiger partial charge in [-0.3, -0.25) is 19.7 Å². The Morgan fingerprint density at radius 3 is 2.38 bits per heavy atom. The highest BCUT2D eigenvalue weighted by Gasteiger charge is 2.26. The van der Waals surface area contributed by atoms with Gasteiger partial charge in [0.15, 0.2) is 5.69 Å². The average Bonchev–Trinajstić information content (AvgIpc) is 3.30. The van der Waals surface area contributed by atoms with Gasteiger partial charge >= 0.3 is 0 Å². The lowest BCUT2D eigenvalue weighted by Gasteiger charge is -2.35. The second-order valence-corrected chi connectivity index (χ2v) is 9.06. The molecule has 2 heterocycles. The van der Waals surface area contributed by atoms with Gasteiger partial charge in [-0.05, 0) is 61.1 Å². The first-order chi connectivity index (χ1) is 16.2. The molecule has 9 heteroatoms. The van der Waals surface area contributed by atoms with Crippen LogP contribution in [0.3, 0.4) is 0 Å². The van der Waals surface area contributed by atoms with Crippen molar-refractivity contribution in [3.63, 3.8) is 0 Å². The lowest BCUT2D eigenvalue weighted by atomic mass is 9.91. The van der Waals surface area contributed by atoms with Crippen LogP contribution < -0.4 is 5.32 Å². The number of rotatable bonds is 5. The molecule has 4 rings (SSSR count). The molecule has 0 bridgehead atoms. The van der Waals surface area contributed by atoms with Crippen LogP contribution in [0.5, 0.6) is 0 Å². The molecule has 2 unspecified atom stereocenters. The van der Waals surface area contributed by atoms with E-state index in [4.69, 9.17) is 0 Å². The van der Waals surface area contributed by atoms with E-state index in [0.29, 0.717) is 28.8 Å². The maximum atomic E-state index is 13.1. The minimum Gasteiger partial charge on any atom is -0.338 e. The Kier molecular flexibility index (Phi) is 6.45. The summed E-state index contributed by atoms with van der Waals surface area (Å²) in [6.45, 7) is 7.65. The van der Waals surface area contributed by atoms with E-state index in [1.807, 2.05) is 17.9 Å². The van der Waals surface area contributed by atoms with Gasteiger partial charge in [0.1, 0.15) is 0 Å². The van der Waals surface area contributed by atoms with Crippen molar-refractivity contribution in [2.75, 3.05) is 18.4 Å². The van der Waals surface area contributed by atoms with Crippen molar-refractivity contribution < 1.29 is 14.5 Å². The van der Waals surface area contributed by atoms with Gasteiger partial charge in [0.2, 0.25) is 0 Å². The molecule has 2 atom stereocenters. The fourth-order valence-corrected chi connectivity index (χ4v) is 4.40. The van der Waals surface area contributed by atoms with Gasteiger partial charge in [0.05, 0.1) is 10.6 Å². The number of anilines is 1. The molecule has 3 aromatic rings. The summed E-state index contributed by atoms with van der Waals surface area (Å²) in [5.74, 6) is 0.483. The van der Waals surface area contributed by atoms with Gasteiger partial charge in [0.25, 0.3) is 17.5 Å². The molecule has 1 aromatic heterocycles. The van der Waals surface area contributed by atoms with E-state index in [9.17, 15) is 19.7 Å². The van der Waals surface area contributed by atoms with Crippen LogP contribution in [-0.2, 0) is 0 Å². The largest absolute Gasteiger partial charge is 0.338 e. The Morgan fingerprint density at radius 1 is 1.06 bits per heavy atom. The van der Waals surface area contributed by atoms with Gasteiger partial charge in [-0.15, -0.1) is 0 Å². The number of aryl methyl sites for hydroxylation is 1. The van der Waals surface area contributed by atoms with Crippen LogP contribution in [0.15, 0.2) is 54.7 Å². The highest BCUT2D eigenvalue weighted by Crippen LogP contribution is 2.25. The van der Waals surface area contributed by atoms with Crippen molar-refractivity contribution in [2.24, 2.45) is 11.8 Å². The second-order valence-electron chi connectivity index (χ2n) is 9.06. The number of carbonyl (C=O) groups excluding carboxylic acids is 2. The van der Waals surface area contributed by atoms with Crippen LogP contribution in [0, 0.1) is 28.9 Å². The summed E-state index contributed by atoms with van der Waals surface area (Å²) in [4.78, 5) is 38.2. The smallest absolute Gasteiger partial charge is 0.276 e. The van der Waals surface area contributed by atoms with Gasteiger partial charge < -0.3 is 10.2 Å². The van der Waals surface area contributed by atoms with E-state index in [2.05, 4.69) is 24.3 Å². The third kappa shape index (κ3) is 4.98. The quantitative estimate of drug-likeness (QED) is 0.446. The molecule has 1 fully saturated rings. The summed E-state index contributed by atoms with van der Waals surface area (Å²) in [5, 5.41) is 18.0. The van der Waals surface area contributed by atoms with Crippen molar-refractivity contribution in [1.82, 2.24) is 14.7 Å². The standard InChI is InChI=1S/C25H27N5O4/c1-16-12-17(2)15-28(14-16)25(32)19-5-4-18(3)23(13-19)26-24(31)22-10-11-29(27-22)20-6-8-21(9-7-20)30(33)34/h4-11,13,16-17H,12,14-15H2,1-3H3,(H,26,31). The number of nitrogens with one attached hydrogen (secondary N) is 1. The molecule has 1 N–H and O–H groups in total. The molecule has 34 heavy (non-hydrogen) atoms. The van der Waals surface area contributed by atoms with E-state index < -0.39 is 10.8 Å². The summed E-state index contributed by atoms with van der Waals surface area (Å²) in [6.07, 6.45) is 2.73.